The molecule has 0 spiro atoms. The highest BCUT2D eigenvalue weighted by molar-refractivity contribution is 5.86. The maximum absolute atomic E-state index is 13.4. The van der Waals surface area contributed by atoms with Crippen molar-refractivity contribution in [2.75, 3.05) is 40.3 Å². The summed E-state index contributed by atoms with van der Waals surface area (Å²) in [6.45, 7) is 3.45. The lowest BCUT2D eigenvalue weighted by Crippen LogP contribution is -2.58. The Morgan fingerprint density at radius 1 is 1.29 bits per heavy atom. The van der Waals surface area contributed by atoms with E-state index in [1.165, 1.54) is 6.42 Å². The molecule has 6 nitrogen and oxygen atoms in total. The molecule has 3 rings (SSSR count). The van der Waals surface area contributed by atoms with Gasteiger partial charge in [0.05, 0.1) is 0 Å². The molecule has 3 heterocycles. The van der Waals surface area contributed by atoms with Crippen molar-refractivity contribution in [3.05, 3.63) is 18.5 Å². The molecular weight excluding hydrogens is 349 g/mol. The van der Waals surface area contributed by atoms with E-state index < -0.39 is 5.54 Å². The number of hydrogen-bond acceptors (Lipinski definition) is 4. The predicted molar refractivity (Wildman–Crippen MR) is 100 cm³/mol. The fourth-order valence-electron chi connectivity index (χ4n) is 3.76. The Hall–Kier alpha value is -0.820. The number of likely N-dealkylation sites (N-methyl/N-ethyl adjacent to an activating group) is 1. The number of aromatic nitrogens is 2. The zero-order valence-electron chi connectivity index (χ0n) is 14.5. The molecule has 1 unspecified atom stereocenters. The van der Waals surface area contributed by atoms with Crippen molar-refractivity contribution in [2.24, 2.45) is 0 Å². The number of rotatable bonds is 3. The molecular formula is C16H29Cl2N5O. The van der Waals surface area contributed by atoms with Crippen molar-refractivity contribution in [2.45, 2.75) is 37.3 Å². The minimum absolute atomic E-state index is 0. The fraction of sp³-hybridized carbons (Fsp3) is 0.750. The van der Waals surface area contributed by atoms with Gasteiger partial charge in [-0.3, -0.25) is 9.48 Å². The molecule has 138 valence electrons. The Morgan fingerprint density at radius 3 is 2.58 bits per heavy atom. The number of likely N-dealkylation sites (tertiary alicyclic amines) is 1. The van der Waals surface area contributed by atoms with Gasteiger partial charge < -0.3 is 15.1 Å². The van der Waals surface area contributed by atoms with Gasteiger partial charge in [-0.1, -0.05) is 0 Å². The minimum atomic E-state index is -0.497. The number of carbonyl (C=O) groups is 1. The lowest BCUT2D eigenvalue weighted by atomic mass is 9.86. The summed E-state index contributed by atoms with van der Waals surface area (Å²) in [6.07, 6.45) is 7.61. The van der Waals surface area contributed by atoms with E-state index in [1.54, 1.807) is 6.20 Å². The standard InChI is InChI=1S/C16H27N5O.2ClH/c1-19(2)14-5-3-11-20(13-14)15(22)16(6-9-17-10-7-16)21-12-4-8-18-21;;/h4,8,12,14,17H,3,5-7,9-11,13H2,1-2H3;2*1H. The smallest absolute Gasteiger partial charge is 0.250 e. The zero-order valence-corrected chi connectivity index (χ0v) is 16.1. The van der Waals surface area contributed by atoms with Crippen LogP contribution in [0.25, 0.3) is 0 Å². The van der Waals surface area contributed by atoms with Gasteiger partial charge in [-0.25, -0.2) is 0 Å². The molecule has 0 aromatic carbocycles. The topological polar surface area (TPSA) is 53.4 Å². The monoisotopic (exact) mass is 377 g/mol. The Labute approximate surface area is 156 Å². The average Bonchev–Trinajstić information content (AvgIpc) is 3.10. The average molecular weight is 378 g/mol. The predicted octanol–water partition coefficient (Wildman–Crippen LogP) is 1.36. The van der Waals surface area contributed by atoms with Crippen LogP contribution < -0.4 is 5.32 Å². The van der Waals surface area contributed by atoms with Crippen LogP contribution in [-0.2, 0) is 10.3 Å². The first kappa shape index (κ1) is 21.2. The molecule has 2 fully saturated rings. The summed E-state index contributed by atoms with van der Waals surface area (Å²) in [5.74, 6) is 0.254. The van der Waals surface area contributed by atoms with Gasteiger partial charge in [0, 0.05) is 31.5 Å². The molecule has 0 radical (unpaired) electrons. The SMILES string of the molecule is CN(C)C1CCCN(C(=O)C2(n3cccn3)CCNCC2)C1.Cl.Cl. The highest BCUT2D eigenvalue weighted by Crippen LogP contribution is 2.30. The van der Waals surface area contributed by atoms with E-state index >= 15 is 0 Å². The van der Waals surface area contributed by atoms with Gasteiger partial charge >= 0.3 is 0 Å². The number of halogens is 2. The second-order valence-corrected chi connectivity index (χ2v) is 6.74. The van der Waals surface area contributed by atoms with Crippen LogP contribution in [0.1, 0.15) is 25.7 Å². The summed E-state index contributed by atoms with van der Waals surface area (Å²) in [5, 5.41) is 7.78. The molecule has 2 aliphatic heterocycles. The Kier molecular flexibility index (Phi) is 7.99. The molecule has 1 aromatic rings. The summed E-state index contributed by atoms with van der Waals surface area (Å²) in [5.41, 5.74) is -0.497. The highest BCUT2D eigenvalue weighted by atomic mass is 35.5. The van der Waals surface area contributed by atoms with E-state index in [4.69, 9.17) is 0 Å². The van der Waals surface area contributed by atoms with Gasteiger partial charge in [-0.2, -0.15) is 5.10 Å². The second-order valence-electron chi connectivity index (χ2n) is 6.74. The van der Waals surface area contributed by atoms with E-state index in [9.17, 15) is 4.79 Å². The van der Waals surface area contributed by atoms with Crippen molar-refractivity contribution < 1.29 is 4.79 Å². The quantitative estimate of drug-likeness (QED) is 0.863. The number of amides is 1. The highest BCUT2D eigenvalue weighted by Gasteiger charge is 2.45. The first-order valence-electron chi connectivity index (χ1n) is 8.30. The number of piperidine rings is 2. The number of carbonyl (C=O) groups excluding carboxylic acids is 1. The molecule has 0 aliphatic carbocycles. The van der Waals surface area contributed by atoms with Crippen molar-refractivity contribution in [3.8, 4) is 0 Å². The third kappa shape index (κ3) is 4.04. The summed E-state index contributed by atoms with van der Waals surface area (Å²) in [6, 6.07) is 2.38. The maximum atomic E-state index is 13.4. The van der Waals surface area contributed by atoms with Crippen LogP contribution in [0.3, 0.4) is 0 Å². The lowest BCUT2D eigenvalue weighted by Gasteiger charge is -2.43. The van der Waals surface area contributed by atoms with Gasteiger partial charge in [-0.05, 0) is 58.9 Å². The van der Waals surface area contributed by atoms with Gasteiger partial charge in [0.15, 0.2) is 0 Å². The molecule has 1 atom stereocenters. The van der Waals surface area contributed by atoms with Gasteiger partial charge in [0.2, 0.25) is 0 Å². The van der Waals surface area contributed by atoms with E-state index in [1.807, 2.05) is 16.9 Å². The normalized spacial score (nSPS) is 23.3. The van der Waals surface area contributed by atoms with Crippen molar-refractivity contribution in [3.63, 3.8) is 0 Å². The molecule has 1 aromatic heterocycles. The van der Waals surface area contributed by atoms with Crippen molar-refractivity contribution in [1.29, 1.82) is 0 Å². The number of nitrogens with zero attached hydrogens (tertiary/aromatic N) is 4. The molecule has 8 heteroatoms. The maximum Gasteiger partial charge on any atom is 0.250 e. The van der Waals surface area contributed by atoms with Gasteiger partial charge in [0.1, 0.15) is 5.54 Å². The summed E-state index contributed by atoms with van der Waals surface area (Å²) >= 11 is 0. The van der Waals surface area contributed by atoms with Crippen LogP contribution in [0.4, 0.5) is 0 Å². The Bertz CT molecular complexity index is 503. The van der Waals surface area contributed by atoms with E-state index in [0.29, 0.717) is 6.04 Å². The molecule has 0 bridgehead atoms. The largest absolute Gasteiger partial charge is 0.339 e. The summed E-state index contributed by atoms with van der Waals surface area (Å²) in [7, 11) is 4.21. The number of nitrogens with one attached hydrogen (secondary N) is 1. The van der Waals surface area contributed by atoms with Gasteiger partial charge in [-0.15, -0.1) is 24.8 Å². The van der Waals surface area contributed by atoms with Crippen LogP contribution in [0.5, 0.6) is 0 Å². The van der Waals surface area contributed by atoms with Gasteiger partial charge in [0.25, 0.3) is 5.91 Å². The third-order valence-corrected chi connectivity index (χ3v) is 5.19. The summed E-state index contributed by atoms with van der Waals surface area (Å²) in [4.78, 5) is 17.7. The molecule has 1 N–H and O–H groups in total. The minimum Gasteiger partial charge on any atom is -0.339 e. The zero-order chi connectivity index (χ0) is 15.6. The van der Waals surface area contributed by atoms with Crippen molar-refractivity contribution >= 4 is 30.7 Å². The Balaban J connectivity index is 0.00000144. The second kappa shape index (κ2) is 9.04. The van der Waals surface area contributed by atoms with Crippen molar-refractivity contribution in [1.82, 2.24) is 24.9 Å². The van der Waals surface area contributed by atoms with E-state index in [0.717, 1.165) is 45.4 Å². The first-order chi connectivity index (χ1) is 10.6. The van der Waals surface area contributed by atoms with E-state index in [2.05, 4.69) is 34.3 Å². The summed E-state index contributed by atoms with van der Waals surface area (Å²) < 4.78 is 1.90. The van der Waals surface area contributed by atoms with Crippen LogP contribution in [0.2, 0.25) is 0 Å². The van der Waals surface area contributed by atoms with Crippen LogP contribution in [0.15, 0.2) is 18.5 Å². The molecule has 0 saturated carbocycles. The Morgan fingerprint density at radius 2 is 2.00 bits per heavy atom. The van der Waals surface area contributed by atoms with Crippen LogP contribution >= 0.6 is 24.8 Å². The van der Waals surface area contributed by atoms with E-state index in [-0.39, 0.29) is 30.7 Å². The molecule has 2 saturated heterocycles. The number of hydrogen-bond donors (Lipinski definition) is 1. The molecule has 2 aliphatic rings. The van der Waals surface area contributed by atoms with Crippen LogP contribution in [0, 0.1) is 0 Å². The first-order valence-corrected chi connectivity index (χ1v) is 8.30. The lowest BCUT2D eigenvalue weighted by molar-refractivity contribution is -0.145. The van der Waals surface area contributed by atoms with Crippen LogP contribution in [-0.4, -0.2) is 71.8 Å². The fourth-order valence-corrected chi connectivity index (χ4v) is 3.76. The molecule has 24 heavy (non-hydrogen) atoms. The third-order valence-electron chi connectivity index (χ3n) is 5.19. The molecule has 1 amide bonds.